The predicted molar refractivity (Wildman–Crippen MR) is 70.7 cm³/mol. The molecule has 0 aromatic carbocycles. The largest absolute Gasteiger partial charge is 0.343 e. The molecular formula is C13H27N3O. The van der Waals surface area contributed by atoms with Gasteiger partial charge in [-0.15, -0.1) is 0 Å². The molecule has 0 aromatic rings. The Hall–Kier alpha value is -0.610. The Morgan fingerprint density at radius 1 is 1.53 bits per heavy atom. The average Bonchev–Trinajstić information content (AvgIpc) is 2.61. The van der Waals surface area contributed by atoms with Crippen molar-refractivity contribution in [1.82, 2.24) is 9.80 Å². The van der Waals surface area contributed by atoms with Gasteiger partial charge in [0.2, 0.25) is 5.91 Å². The van der Waals surface area contributed by atoms with Gasteiger partial charge in [-0.1, -0.05) is 20.8 Å². The Bertz CT molecular complexity index is 272. The molecule has 0 bridgehead atoms. The number of likely N-dealkylation sites (tertiary alicyclic amines) is 1. The second-order valence-electron chi connectivity index (χ2n) is 6.34. The first-order chi connectivity index (χ1) is 7.73. The van der Waals surface area contributed by atoms with E-state index in [1.165, 1.54) is 12.8 Å². The zero-order valence-electron chi connectivity index (χ0n) is 11.9. The van der Waals surface area contributed by atoms with Crippen molar-refractivity contribution >= 4 is 5.91 Å². The van der Waals surface area contributed by atoms with Gasteiger partial charge in [0, 0.05) is 19.6 Å². The number of nitrogens with two attached hydrogens (primary N) is 1. The van der Waals surface area contributed by atoms with E-state index in [1.54, 1.807) is 4.90 Å². The molecule has 0 aliphatic carbocycles. The minimum absolute atomic E-state index is 0.0535. The zero-order chi connectivity index (χ0) is 13.2. The average molecular weight is 241 g/mol. The molecule has 0 saturated carbocycles. The van der Waals surface area contributed by atoms with Crippen molar-refractivity contribution in [3.8, 4) is 0 Å². The second kappa shape index (κ2) is 5.36. The van der Waals surface area contributed by atoms with Crippen molar-refractivity contribution in [2.24, 2.45) is 11.1 Å². The Kier molecular flexibility index (Phi) is 4.55. The van der Waals surface area contributed by atoms with Crippen molar-refractivity contribution in [3.63, 3.8) is 0 Å². The van der Waals surface area contributed by atoms with E-state index in [1.807, 2.05) is 27.8 Å². The maximum Gasteiger partial charge on any atom is 0.239 e. The molecule has 1 amide bonds. The van der Waals surface area contributed by atoms with Crippen LogP contribution in [0.5, 0.6) is 0 Å². The summed E-state index contributed by atoms with van der Waals surface area (Å²) in [6.45, 7) is 7.94. The number of amides is 1. The van der Waals surface area contributed by atoms with Gasteiger partial charge in [0.1, 0.15) is 0 Å². The first kappa shape index (κ1) is 14.5. The van der Waals surface area contributed by atoms with E-state index in [0.717, 1.165) is 13.1 Å². The maximum atomic E-state index is 12.2. The molecule has 0 spiro atoms. The van der Waals surface area contributed by atoms with Crippen LogP contribution in [0, 0.1) is 5.41 Å². The maximum absolute atomic E-state index is 12.2. The molecule has 100 valence electrons. The van der Waals surface area contributed by atoms with Crippen molar-refractivity contribution in [2.45, 2.75) is 45.7 Å². The van der Waals surface area contributed by atoms with E-state index in [0.29, 0.717) is 6.04 Å². The van der Waals surface area contributed by atoms with Crippen LogP contribution < -0.4 is 5.73 Å². The van der Waals surface area contributed by atoms with Gasteiger partial charge in [-0.3, -0.25) is 4.79 Å². The van der Waals surface area contributed by atoms with Crippen LogP contribution in [0.4, 0.5) is 0 Å². The topological polar surface area (TPSA) is 49.6 Å². The quantitative estimate of drug-likeness (QED) is 0.799. The molecule has 0 aromatic heterocycles. The first-order valence-electron chi connectivity index (χ1n) is 6.44. The normalized spacial score (nSPS) is 23.8. The number of likely N-dealkylation sites (N-methyl/N-ethyl adjacent to an activating group) is 2. The van der Waals surface area contributed by atoms with Crippen molar-refractivity contribution in [1.29, 1.82) is 0 Å². The van der Waals surface area contributed by atoms with E-state index in [4.69, 9.17) is 5.73 Å². The summed E-state index contributed by atoms with van der Waals surface area (Å²) >= 11 is 0. The molecule has 17 heavy (non-hydrogen) atoms. The summed E-state index contributed by atoms with van der Waals surface area (Å²) in [5.41, 5.74) is 5.83. The van der Waals surface area contributed by atoms with Crippen molar-refractivity contribution in [2.75, 3.05) is 27.2 Å². The van der Waals surface area contributed by atoms with Crippen LogP contribution in [0.15, 0.2) is 0 Å². The molecule has 1 aliphatic heterocycles. The third-order valence-electron chi connectivity index (χ3n) is 3.73. The van der Waals surface area contributed by atoms with E-state index >= 15 is 0 Å². The molecule has 4 nitrogen and oxygen atoms in total. The van der Waals surface area contributed by atoms with Crippen LogP contribution in [0.3, 0.4) is 0 Å². The third-order valence-corrected chi connectivity index (χ3v) is 3.73. The van der Waals surface area contributed by atoms with Crippen molar-refractivity contribution < 1.29 is 4.79 Å². The molecule has 1 saturated heterocycles. The molecule has 2 atom stereocenters. The van der Waals surface area contributed by atoms with E-state index < -0.39 is 6.04 Å². The Labute approximate surface area is 105 Å². The van der Waals surface area contributed by atoms with Crippen LogP contribution in [-0.4, -0.2) is 55.0 Å². The molecule has 1 unspecified atom stereocenters. The number of nitrogens with zero attached hydrogens (tertiary/aromatic N) is 2. The van der Waals surface area contributed by atoms with Gasteiger partial charge < -0.3 is 15.5 Å². The Balaban J connectivity index is 2.52. The van der Waals surface area contributed by atoms with E-state index in [-0.39, 0.29) is 11.3 Å². The number of rotatable bonds is 3. The van der Waals surface area contributed by atoms with Gasteiger partial charge in [0.25, 0.3) is 0 Å². The molecule has 1 rings (SSSR count). The summed E-state index contributed by atoms with van der Waals surface area (Å²) in [5.74, 6) is 0.0535. The summed E-state index contributed by atoms with van der Waals surface area (Å²) in [4.78, 5) is 16.3. The number of carbonyl (C=O) groups excluding carboxylic acids is 1. The highest BCUT2D eigenvalue weighted by molar-refractivity contribution is 5.82. The fraction of sp³-hybridized carbons (Fsp3) is 0.923. The van der Waals surface area contributed by atoms with Gasteiger partial charge >= 0.3 is 0 Å². The zero-order valence-corrected chi connectivity index (χ0v) is 11.9. The van der Waals surface area contributed by atoms with Gasteiger partial charge in [-0.05, 0) is 31.8 Å². The van der Waals surface area contributed by atoms with Gasteiger partial charge in [0.05, 0.1) is 6.04 Å². The summed E-state index contributed by atoms with van der Waals surface area (Å²) in [7, 11) is 3.99. The lowest BCUT2D eigenvalue weighted by atomic mass is 9.86. The lowest BCUT2D eigenvalue weighted by Crippen LogP contribution is -2.51. The lowest BCUT2D eigenvalue weighted by Gasteiger charge is -2.32. The highest BCUT2D eigenvalue weighted by atomic mass is 16.2. The molecule has 1 heterocycles. The molecular weight excluding hydrogens is 214 g/mol. The molecule has 2 N–H and O–H groups in total. The van der Waals surface area contributed by atoms with Crippen LogP contribution in [-0.2, 0) is 4.79 Å². The lowest BCUT2D eigenvalue weighted by molar-refractivity contribution is -0.134. The smallest absolute Gasteiger partial charge is 0.239 e. The molecule has 1 aliphatic rings. The summed E-state index contributed by atoms with van der Waals surface area (Å²) in [6.07, 6.45) is 2.41. The number of hydrogen-bond acceptors (Lipinski definition) is 3. The molecule has 0 radical (unpaired) electrons. The molecule has 1 fully saturated rings. The summed E-state index contributed by atoms with van der Waals surface area (Å²) in [5, 5.41) is 0. The summed E-state index contributed by atoms with van der Waals surface area (Å²) < 4.78 is 0. The second-order valence-corrected chi connectivity index (χ2v) is 6.34. The van der Waals surface area contributed by atoms with Gasteiger partial charge in [-0.2, -0.15) is 0 Å². The molecule has 4 heteroatoms. The fourth-order valence-electron chi connectivity index (χ4n) is 2.22. The standard InChI is InChI=1S/C13H27N3O/c1-13(2,3)11(14)12(17)16(5)9-10-7-6-8-15(10)4/h10-11H,6-9,14H2,1-5H3/t10?,11-/m1/s1. The highest BCUT2D eigenvalue weighted by Crippen LogP contribution is 2.20. The Morgan fingerprint density at radius 3 is 2.53 bits per heavy atom. The van der Waals surface area contributed by atoms with Crippen LogP contribution in [0.2, 0.25) is 0 Å². The minimum atomic E-state index is -0.417. The highest BCUT2D eigenvalue weighted by Gasteiger charge is 2.31. The van der Waals surface area contributed by atoms with Crippen LogP contribution in [0.1, 0.15) is 33.6 Å². The minimum Gasteiger partial charge on any atom is -0.343 e. The van der Waals surface area contributed by atoms with E-state index in [2.05, 4.69) is 11.9 Å². The van der Waals surface area contributed by atoms with Gasteiger partial charge in [0.15, 0.2) is 0 Å². The van der Waals surface area contributed by atoms with Crippen molar-refractivity contribution in [3.05, 3.63) is 0 Å². The van der Waals surface area contributed by atoms with Crippen LogP contribution in [0.25, 0.3) is 0 Å². The first-order valence-corrected chi connectivity index (χ1v) is 6.44. The van der Waals surface area contributed by atoms with E-state index in [9.17, 15) is 4.79 Å². The SMILES string of the molecule is CN(CC1CCCN1C)C(=O)[C@@H](N)C(C)(C)C. The van der Waals surface area contributed by atoms with Crippen LogP contribution >= 0.6 is 0 Å². The Morgan fingerprint density at radius 2 is 2.12 bits per heavy atom. The number of carbonyl (C=O) groups is 1. The fourth-order valence-corrected chi connectivity index (χ4v) is 2.22. The monoisotopic (exact) mass is 241 g/mol. The summed E-state index contributed by atoms with van der Waals surface area (Å²) in [6, 6.07) is 0.0790. The third kappa shape index (κ3) is 3.68. The predicted octanol–water partition coefficient (Wildman–Crippen LogP) is 0.912. The number of hydrogen-bond donors (Lipinski definition) is 1. The van der Waals surface area contributed by atoms with Gasteiger partial charge in [-0.25, -0.2) is 0 Å².